The van der Waals surface area contributed by atoms with Gasteiger partial charge < -0.3 is 10.6 Å². The van der Waals surface area contributed by atoms with Crippen LogP contribution in [-0.2, 0) is 12.0 Å². The third-order valence-electron chi connectivity index (χ3n) is 4.95. The van der Waals surface area contributed by atoms with Crippen molar-refractivity contribution in [3.63, 3.8) is 0 Å². The second-order valence-electron chi connectivity index (χ2n) is 6.73. The van der Waals surface area contributed by atoms with E-state index >= 15 is 0 Å². The van der Waals surface area contributed by atoms with Crippen LogP contribution in [0.2, 0.25) is 0 Å². The number of rotatable bonds is 5. The predicted molar refractivity (Wildman–Crippen MR) is 102 cm³/mol. The summed E-state index contributed by atoms with van der Waals surface area (Å²) in [5, 5.41) is 7.46. The Labute approximate surface area is 156 Å². The van der Waals surface area contributed by atoms with Crippen molar-refractivity contribution in [2.24, 2.45) is 4.99 Å². The number of halogens is 2. The second-order valence-corrected chi connectivity index (χ2v) is 8.05. The maximum absolute atomic E-state index is 14.4. The lowest BCUT2D eigenvalue weighted by molar-refractivity contribution is 0.386. The molecule has 0 spiro atoms. The van der Waals surface area contributed by atoms with Crippen LogP contribution >= 0.6 is 11.3 Å². The molecular weight excluding hydrogens is 354 g/mol. The van der Waals surface area contributed by atoms with Gasteiger partial charge in [-0.25, -0.2) is 13.8 Å². The van der Waals surface area contributed by atoms with E-state index in [2.05, 4.69) is 20.6 Å². The highest BCUT2D eigenvalue weighted by Crippen LogP contribution is 2.42. The third kappa shape index (κ3) is 4.03. The Balaban J connectivity index is 1.70. The average Bonchev–Trinajstić information content (AvgIpc) is 3.25. The van der Waals surface area contributed by atoms with Gasteiger partial charge in [-0.2, -0.15) is 0 Å². The molecule has 2 N–H and O–H groups in total. The maximum atomic E-state index is 14.4. The van der Waals surface area contributed by atoms with E-state index in [0.717, 1.165) is 35.6 Å². The molecule has 1 aliphatic carbocycles. The van der Waals surface area contributed by atoms with Crippen molar-refractivity contribution in [2.45, 2.75) is 44.6 Å². The number of nitrogens with one attached hydrogen (secondary N) is 2. The minimum atomic E-state index is -0.537. The summed E-state index contributed by atoms with van der Waals surface area (Å²) in [6, 6.07) is 4.10. The largest absolute Gasteiger partial charge is 0.356 e. The summed E-state index contributed by atoms with van der Waals surface area (Å²) < 4.78 is 28.8. The lowest BCUT2D eigenvalue weighted by atomic mass is 9.78. The molecule has 0 bridgehead atoms. The number of nitrogens with zero attached hydrogens (tertiary/aromatic N) is 2. The average molecular weight is 378 g/mol. The van der Waals surface area contributed by atoms with Crippen molar-refractivity contribution in [2.75, 3.05) is 13.6 Å². The molecule has 1 aromatic carbocycles. The second kappa shape index (κ2) is 8.12. The van der Waals surface area contributed by atoms with Gasteiger partial charge in [0.1, 0.15) is 16.6 Å². The van der Waals surface area contributed by atoms with E-state index in [-0.39, 0.29) is 5.56 Å². The number of hydrogen-bond acceptors (Lipinski definition) is 3. The van der Waals surface area contributed by atoms with Crippen molar-refractivity contribution < 1.29 is 8.78 Å². The lowest BCUT2D eigenvalue weighted by Gasteiger charge is -2.31. The molecule has 1 fully saturated rings. The van der Waals surface area contributed by atoms with Gasteiger partial charge in [0.2, 0.25) is 0 Å². The van der Waals surface area contributed by atoms with E-state index in [1.165, 1.54) is 18.2 Å². The van der Waals surface area contributed by atoms with Crippen molar-refractivity contribution in [3.05, 3.63) is 51.5 Å². The van der Waals surface area contributed by atoms with Crippen molar-refractivity contribution in [3.8, 4) is 0 Å². The van der Waals surface area contributed by atoms with Gasteiger partial charge >= 0.3 is 0 Å². The molecule has 2 aromatic rings. The molecule has 140 valence electrons. The summed E-state index contributed by atoms with van der Waals surface area (Å²) in [6.45, 7) is 3.03. The number of benzene rings is 1. The number of aromatic nitrogens is 1. The topological polar surface area (TPSA) is 49.3 Å². The van der Waals surface area contributed by atoms with Crippen molar-refractivity contribution in [1.29, 1.82) is 0 Å². The predicted octanol–water partition coefficient (Wildman–Crippen LogP) is 3.91. The molecule has 0 saturated heterocycles. The summed E-state index contributed by atoms with van der Waals surface area (Å²) in [7, 11) is 1.69. The first-order chi connectivity index (χ1) is 12.5. The minimum Gasteiger partial charge on any atom is -0.356 e. The Kier molecular flexibility index (Phi) is 5.86. The highest BCUT2D eigenvalue weighted by molar-refractivity contribution is 7.11. The first kappa shape index (κ1) is 18.8. The Morgan fingerprint density at radius 3 is 2.50 bits per heavy atom. The van der Waals surface area contributed by atoms with E-state index in [1.54, 1.807) is 18.4 Å². The molecule has 0 atom stereocenters. The Bertz CT molecular complexity index is 761. The molecule has 0 amide bonds. The van der Waals surface area contributed by atoms with Crippen LogP contribution in [0.15, 0.2) is 29.4 Å². The van der Waals surface area contributed by atoms with Crippen LogP contribution in [-0.4, -0.2) is 24.5 Å². The fourth-order valence-electron chi connectivity index (χ4n) is 3.69. The normalized spacial score (nSPS) is 16.7. The monoisotopic (exact) mass is 378 g/mol. The van der Waals surface area contributed by atoms with Gasteiger partial charge in [-0.1, -0.05) is 18.9 Å². The number of aliphatic imine (C=N–C) groups is 1. The number of aryl methyl sites for hydroxylation is 1. The fraction of sp³-hybridized carbons (Fsp3) is 0.474. The van der Waals surface area contributed by atoms with E-state index in [4.69, 9.17) is 0 Å². The molecule has 0 radical (unpaired) electrons. The number of guanidine groups is 1. The summed E-state index contributed by atoms with van der Waals surface area (Å²) in [5.74, 6) is -0.314. The summed E-state index contributed by atoms with van der Waals surface area (Å²) in [4.78, 5) is 9.70. The lowest BCUT2D eigenvalue weighted by Crippen LogP contribution is -2.45. The third-order valence-corrected chi connectivity index (χ3v) is 5.86. The van der Waals surface area contributed by atoms with E-state index in [0.29, 0.717) is 19.0 Å². The van der Waals surface area contributed by atoms with Crippen molar-refractivity contribution in [1.82, 2.24) is 15.6 Å². The number of thiazole rings is 1. The molecule has 1 heterocycles. The van der Waals surface area contributed by atoms with Gasteiger partial charge in [-0.3, -0.25) is 4.99 Å². The Morgan fingerprint density at radius 1 is 1.23 bits per heavy atom. The van der Waals surface area contributed by atoms with E-state index in [9.17, 15) is 8.78 Å². The number of hydrogen-bond donors (Lipinski definition) is 2. The van der Waals surface area contributed by atoms with Crippen LogP contribution in [0.5, 0.6) is 0 Å². The molecule has 0 aliphatic heterocycles. The van der Waals surface area contributed by atoms with Gasteiger partial charge in [0, 0.05) is 35.6 Å². The molecule has 1 aromatic heterocycles. The minimum absolute atomic E-state index is 0.205. The van der Waals surface area contributed by atoms with Gasteiger partial charge in [-0.15, -0.1) is 11.3 Å². The first-order valence-electron chi connectivity index (χ1n) is 8.84. The van der Waals surface area contributed by atoms with Gasteiger partial charge in [0.25, 0.3) is 0 Å². The molecule has 4 nitrogen and oxygen atoms in total. The quantitative estimate of drug-likeness (QED) is 0.613. The van der Waals surface area contributed by atoms with Gasteiger partial charge in [0.05, 0.1) is 6.54 Å². The maximum Gasteiger partial charge on any atom is 0.191 e. The molecular formula is C19H24F2N4S. The molecule has 1 saturated carbocycles. The highest BCUT2D eigenvalue weighted by atomic mass is 32.1. The van der Waals surface area contributed by atoms with Crippen LogP contribution in [0.1, 0.15) is 41.1 Å². The molecule has 7 heteroatoms. The SMILES string of the molecule is CN=C(NCc1ncc(C)s1)NCC1(c2c(F)cccc2F)CCCC1. The van der Waals surface area contributed by atoms with Crippen LogP contribution in [0.3, 0.4) is 0 Å². The zero-order valence-corrected chi connectivity index (χ0v) is 15.9. The van der Waals surface area contributed by atoms with E-state index < -0.39 is 17.0 Å². The molecule has 1 aliphatic rings. The van der Waals surface area contributed by atoms with Crippen LogP contribution in [0.4, 0.5) is 8.78 Å². The van der Waals surface area contributed by atoms with Gasteiger partial charge in [0.15, 0.2) is 5.96 Å². The summed E-state index contributed by atoms with van der Waals surface area (Å²) in [6.07, 6.45) is 5.31. The standard InChI is InChI=1S/C19H24F2N4S/c1-13-10-23-16(26-13)11-24-18(22-2)25-12-19(8-3-4-9-19)17-14(20)6-5-7-15(17)21/h5-7,10H,3-4,8-9,11-12H2,1-2H3,(H2,22,24,25). The molecule has 0 unspecified atom stereocenters. The smallest absolute Gasteiger partial charge is 0.191 e. The summed E-state index contributed by atoms with van der Waals surface area (Å²) >= 11 is 1.63. The van der Waals surface area contributed by atoms with Gasteiger partial charge in [-0.05, 0) is 31.9 Å². The van der Waals surface area contributed by atoms with Crippen LogP contribution in [0.25, 0.3) is 0 Å². The molecule has 26 heavy (non-hydrogen) atoms. The molecule has 3 rings (SSSR count). The fourth-order valence-corrected chi connectivity index (χ4v) is 4.41. The zero-order chi connectivity index (χ0) is 18.6. The highest BCUT2D eigenvalue weighted by Gasteiger charge is 2.39. The van der Waals surface area contributed by atoms with E-state index in [1.807, 2.05) is 13.1 Å². The van der Waals surface area contributed by atoms with Crippen molar-refractivity contribution >= 4 is 17.3 Å². The zero-order valence-electron chi connectivity index (χ0n) is 15.1. The van der Waals surface area contributed by atoms with Crippen LogP contribution in [0, 0.1) is 18.6 Å². The van der Waals surface area contributed by atoms with Crippen LogP contribution < -0.4 is 10.6 Å². The Morgan fingerprint density at radius 2 is 1.92 bits per heavy atom. The Hall–Kier alpha value is -2.02. The first-order valence-corrected chi connectivity index (χ1v) is 9.66. The summed E-state index contributed by atoms with van der Waals surface area (Å²) in [5.41, 5.74) is -0.332.